The van der Waals surface area contributed by atoms with E-state index < -0.39 is 10.0 Å². The summed E-state index contributed by atoms with van der Waals surface area (Å²) < 4.78 is 25.3. The number of aromatic nitrogens is 1. The van der Waals surface area contributed by atoms with Gasteiger partial charge in [0.2, 0.25) is 10.0 Å². The molecule has 1 amide bonds. The van der Waals surface area contributed by atoms with E-state index in [9.17, 15) is 13.2 Å². The second kappa shape index (κ2) is 5.49. The molecule has 0 saturated carbocycles. The fraction of sp³-hybridized carbons (Fsp3) is 0.400. The minimum Gasteiger partial charge on any atom is -0.344 e. The zero-order valence-electron chi connectivity index (χ0n) is 10.4. The van der Waals surface area contributed by atoms with E-state index in [1.165, 1.54) is 11.0 Å². The molecule has 1 aromatic rings. The van der Waals surface area contributed by atoms with Crippen molar-refractivity contribution in [1.82, 2.24) is 9.88 Å². The van der Waals surface area contributed by atoms with E-state index in [1.807, 2.05) is 0 Å². The number of aryl methyl sites for hydroxylation is 1. The lowest BCUT2D eigenvalue weighted by Gasteiger charge is -2.07. The van der Waals surface area contributed by atoms with E-state index in [4.69, 9.17) is 0 Å². The van der Waals surface area contributed by atoms with Gasteiger partial charge in [-0.15, -0.1) is 6.58 Å². The lowest BCUT2D eigenvalue weighted by molar-refractivity contribution is 0.0831. The number of hydrogen-bond donors (Lipinski definition) is 1. The van der Waals surface area contributed by atoms with Crippen molar-refractivity contribution in [1.29, 1.82) is 0 Å². The van der Waals surface area contributed by atoms with Gasteiger partial charge < -0.3 is 4.90 Å². The second-order valence-electron chi connectivity index (χ2n) is 3.81. The van der Waals surface area contributed by atoms with Crippen molar-refractivity contribution in [2.75, 3.05) is 24.6 Å². The van der Waals surface area contributed by atoms with Gasteiger partial charge in [-0.2, -0.15) is 0 Å². The molecular formula is C10H15N3O3S2. The fourth-order valence-corrected chi connectivity index (χ4v) is 3.26. The fourth-order valence-electron chi connectivity index (χ4n) is 1.17. The molecule has 18 heavy (non-hydrogen) atoms. The number of hydrogen-bond acceptors (Lipinski definition) is 5. The highest BCUT2D eigenvalue weighted by Crippen LogP contribution is 2.24. The van der Waals surface area contributed by atoms with Crippen molar-refractivity contribution < 1.29 is 13.2 Å². The Morgan fingerprint density at radius 1 is 1.56 bits per heavy atom. The van der Waals surface area contributed by atoms with Crippen molar-refractivity contribution in [2.45, 2.75) is 6.92 Å². The van der Waals surface area contributed by atoms with Gasteiger partial charge in [-0.1, -0.05) is 17.4 Å². The van der Waals surface area contributed by atoms with Gasteiger partial charge >= 0.3 is 0 Å². The molecule has 8 heteroatoms. The van der Waals surface area contributed by atoms with Gasteiger partial charge in [-0.25, -0.2) is 13.4 Å². The van der Waals surface area contributed by atoms with Crippen LogP contribution >= 0.6 is 11.3 Å². The number of sulfonamides is 1. The SMILES string of the molecule is C=CCS(=O)(=O)Nc1nc(C)c(C(=O)N(C)C)s1. The summed E-state index contributed by atoms with van der Waals surface area (Å²) in [5.41, 5.74) is 0.509. The Bertz CT molecular complexity index is 561. The topological polar surface area (TPSA) is 79.4 Å². The highest BCUT2D eigenvalue weighted by Gasteiger charge is 2.19. The van der Waals surface area contributed by atoms with Gasteiger partial charge in [0, 0.05) is 14.1 Å². The largest absolute Gasteiger partial charge is 0.344 e. The number of nitrogens with one attached hydrogen (secondary N) is 1. The van der Waals surface area contributed by atoms with Crippen LogP contribution in [0.3, 0.4) is 0 Å². The van der Waals surface area contributed by atoms with Crippen molar-refractivity contribution in [2.24, 2.45) is 0 Å². The molecule has 0 radical (unpaired) electrons. The minimum atomic E-state index is -3.48. The third-order valence-electron chi connectivity index (χ3n) is 1.98. The third-order valence-corrected chi connectivity index (χ3v) is 4.35. The summed E-state index contributed by atoms with van der Waals surface area (Å²) >= 11 is 1.02. The number of rotatable bonds is 5. The highest BCUT2D eigenvalue weighted by atomic mass is 32.2. The van der Waals surface area contributed by atoms with E-state index in [0.29, 0.717) is 10.6 Å². The number of carbonyl (C=O) groups is 1. The van der Waals surface area contributed by atoms with Crippen LogP contribution in [0.15, 0.2) is 12.7 Å². The first-order valence-corrected chi connectivity index (χ1v) is 7.54. The molecule has 1 aromatic heterocycles. The van der Waals surface area contributed by atoms with Gasteiger partial charge in [-0.3, -0.25) is 9.52 Å². The third kappa shape index (κ3) is 3.54. The van der Waals surface area contributed by atoms with Gasteiger partial charge in [0.25, 0.3) is 5.91 Å². The summed E-state index contributed by atoms with van der Waals surface area (Å²) in [7, 11) is -0.223. The van der Waals surface area contributed by atoms with Crippen LogP contribution in [0.4, 0.5) is 5.13 Å². The summed E-state index contributed by atoms with van der Waals surface area (Å²) in [5.74, 6) is -0.387. The van der Waals surface area contributed by atoms with E-state index in [-0.39, 0.29) is 16.8 Å². The van der Waals surface area contributed by atoms with Crippen LogP contribution in [0, 0.1) is 6.92 Å². The maximum atomic E-state index is 11.8. The Morgan fingerprint density at radius 3 is 2.67 bits per heavy atom. The number of nitrogens with zero attached hydrogens (tertiary/aromatic N) is 2. The van der Waals surface area contributed by atoms with Crippen LogP contribution in [-0.4, -0.2) is 44.1 Å². The average molecular weight is 289 g/mol. The summed E-state index contributed by atoms with van der Waals surface area (Å²) in [6.07, 6.45) is 1.29. The van der Waals surface area contributed by atoms with Crippen LogP contribution in [-0.2, 0) is 10.0 Å². The van der Waals surface area contributed by atoms with Gasteiger partial charge in [0.15, 0.2) is 5.13 Å². The molecular weight excluding hydrogens is 274 g/mol. The maximum Gasteiger partial charge on any atom is 0.265 e. The van der Waals surface area contributed by atoms with Gasteiger partial charge in [0.05, 0.1) is 11.4 Å². The van der Waals surface area contributed by atoms with Crippen LogP contribution in [0.2, 0.25) is 0 Å². The first-order valence-electron chi connectivity index (χ1n) is 5.07. The Balaban J connectivity index is 2.98. The molecule has 0 unspecified atom stereocenters. The monoisotopic (exact) mass is 289 g/mol. The lowest BCUT2D eigenvalue weighted by Crippen LogP contribution is -2.21. The van der Waals surface area contributed by atoms with Crippen LogP contribution < -0.4 is 4.72 Å². The predicted octanol–water partition coefficient (Wildman–Crippen LogP) is 1.08. The zero-order valence-corrected chi connectivity index (χ0v) is 12.1. The first-order chi connectivity index (χ1) is 8.26. The Labute approximate surface area is 110 Å². The van der Waals surface area contributed by atoms with E-state index in [2.05, 4.69) is 16.3 Å². The standard InChI is InChI=1S/C10H15N3O3S2/c1-5-6-18(15,16)12-10-11-7(2)8(17-10)9(14)13(3)4/h5H,1,6H2,2-4H3,(H,11,12). The van der Waals surface area contributed by atoms with Crippen LogP contribution in [0.1, 0.15) is 15.4 Å². The predicted molar refractivity (Wildman–Crippen MR) is 72.5 cm³/mol. The molecule has 0 aliphatic heterocycles. The van der Waals surface area contributed by atoms with E-state index in [0.717, 1.165) is 11.3 Å². The maximum absolute atomic E-state index is 11.8. The minimum absolute atomic E-state index is 0.192. The molecule has 0 atom stereocenters. The molecule has 1 N–H and O–H groups in total. The Hall–Kier alpha value is -1.41. The second-order valence-corrected chi connectivity index (χ2v) is 6.57. The highest BCUT2D eigenvalue weighted by molar-refractivity contribution is 7.93. The zero-order chi connectivity index (χ0) is 13.9. The van der Waals surface area contributed by atoms with Crippen molar-refractivity contribution in [3.63, 3.8) is 0 Å². The molecule has 0 saturated heterocycles. The lowest BCUT2D eigenvalue weighted by atomic mass is 10.3. The molecule has 0 aliphatic rings. The summed E-state index contributed by atoms with van der Waals surface area (Å²) in [6.45, 7) is 5.03. The number of amides is 1. The summed E-state index contributed by atoms with van der Waals surface area (Å²) in [5, 5.41) is 0.194. The molecule has 0 bridgehead atoms. The number of thiazole rings is 1. The van der Waals surface area contributed by atoms with Gasteiger partial charge in [0.1, 0.15) is 4.88 Å². The molecule has 1 rings (SSSR count). The van der Waals surface area contributed by atoms with Crippen LogP contribution in [0.25, 0.3) is 0 Å². The molecule has 0 spiro atoms. The van der Waals surface area contributed by atoms with Crippen LogP contribution in [0.5, 0.6) is 0 Å². The number of anilines is 1. The van der Waals surface area contributed by atoms with E-state index >= 15 is 0 Å². The molecule has 1 heterocycles. The normalized spacial score (nSPS) is 11.1. The molecule has 0 aromatic carbocycles. The van der Waals surface area contributed by atoms with Gasteiger partial charge in [-0.05, 0) is 6.92 Å². The summed E-state index contributed by atoms with van der Waals surface area (Å²) in [4.78, 5) is 17.6. The average Bonchev–Trinajstić information content (AvgIpc) is 2.56. The molecule has 100 valence electrons. The smallest absolute Gasteiger partial charge is 0.265 e. The quantitative estimate of drug-likeness (QED) is 0.823. The van der Waals surface area contributed by atoms with Crippen molar-refractivity contribution in [3.05, 3.63) is 23.2 Å². The number of carbonyl (C=O) groups excluding carboxylic acids is 1. The first kappa shape index (κ1) is 14.7. The Kier molecular flexibility index (Phi) is 4.47. The molecule has 0 aliphatic carbocycles. The van der Waals surface area contributed by atoms with E-state index in [1.54, 1.807) is 21.0 Å². The van der Waals surface area contributed by atoms with Crippen molar-refractivity contribution in [3.8, 4) is 0 Å². The summed E-state index contributed by atoms with van der Waals surface area (Å²) in [6, 6.07) is 0. The Morgan fingerprint density at radius 2 is 2.17 bits per heavy atom. The molecule has 0 fully saturated rings. The molecule has 6 nitrogen and oxygen atoms in total. The van der Waals surface area contributed by atoms with Crippen molar-refractivity contribution >= 4 is 32.4 Å².